The van der Waals surface area contributed by atoms with E-state index in [1.54, 1.807) is 0 Å². The van der Waals surface area contributed by atoms with Gasteiger partial charge in [-0.25, -0.2) is 0 Å². The maximum Gasteiger partial charge on any atom is 0.307 e. The number of benzene rings is 1. The van der Waals surface area contributed by atoms with Crippen LogP contribution in [0, 0.1) is 24.2 Å². The third-order valence-corrected chi connectivity index (χ3v) is 2.29. The first-order chi connectivity index (χ1) is 7.13. The molecule has 0 aliphatic rings. The average Bonchev–Trinajstić information content (AvgIpc) is 2.20. The highest BCUT2D eigenvalue weighted by molar-refractivity contribution is 5.70. The van der Waals surface area contributed by atoms with Crippen LogP contribution in [0.25, 0.3) is 0 Å². The molecule has 0 bridgehead atoms. The maximum atomic E-state index is 10.8. The number of carboxylic acids is 1. The second-order valence-corrected chi connectivity index (χ2v) is 3.59. The number of hydrogen-bond donors (Lipinski definition) is 1. The highest BCUT2D eigenvalue weighted by atomic mass is 16.4. The fourth-order valence-corrected chi connectivity index (χ4v) is 1.37. The van der Waals surface area contributed by atoms with E-state index in [1.807, 2.05) is 37.3 Å². The van der Waals surface area contributed by atoms with Crippen LogP contribution in [0.4, 0.5) is 0 Å². The van der Waals surface area contributed by atoms with Crippen LogP contribution in [0.3, 0.4) is 0 Å². The molecule has 78 valence electrons. The summed E-state index contributed by atoms with van der Waals surface area (Å²) in [5, 5.41) is 17.4. The number of carbonyl (C=O) groups is 1. The van der Waals surface area contributed by atoms with Crippen LogP contribution < -0.4 is 0 Å². The van der Waals surface area contributed by atoms with E-state index in [-0.39, 0.29) is 6.42 Å². The maximum absolute atomic E-state index is 10.8. The summed E-state index contributed by atoms with van der Waals surface area (Å²) in [6.07, 6.45) is 0.479. The molecule has 0 spiro atoms. The molecule has 0 aliphatic heterocycles. The van der Waals surface area contributed by atoms with Crippen molar-refractivity contribution in [2.75, 3.05) is 0 Å². The van der Waals surface area contributed by atoms with Crippen molar-refractivity contribution in [2.24, 2.45) is 5.92 Å². The van der Waals surface area contributed by atoms with E-state index >= 15 is 0 Å². The SMILES string of the molecule is Cc1ccc(CC(CC#N)C(=O)O)cc1. The van der Waals surface area contributed by atoms with Crippen LogP contribution >= 0.6 is 0 Å². The molecular formula is C12H13NO2. The summed E-state index contributed by atoms with van der Waals surface area (Å²) < 4.78 is 0. The average molecular weight is 203 g/mol. The van der Waals surface area contributed by atoms with Crippen molar-refractivity contribution in [3.8, 4) is 6.07 Å². The van der Waals surface area contributed by atoms with Gasteiger partial charge in [-0.05, 0) is 18.9 Å². The molecule has 1 aromatic rings. The van der Waals surface area contributed by atoms with Gasteiger partial charge < -0.3 is 5.11 Å². The molecule has 1 aromatic carbocycles. The minimum atomic E-state index is -0.905. The Labute approximate surface area is 89.0 Å². The van der Waals surface area contributed by atoms with E-state index in [0.717, 1.165) is 11.1 Å². The summed E-state index contributed by atoms with van der Waals surface area (Å²) in [7, 11) is 0. The summed E-state index contributed by atoms with van der Waals surface area (Å²) in [5.41, 5.74) is 2.11. The van der Waals surface area contributed by atoms with Gasteiger partial charge in [-0.2, -0.15) is 5.26 Å². The number of aryl methyl sites for hydroxylation is 1. The molecular weight excluding hydrogens is 190 g/mol. The molecule has 3 heteroatoms. The van der Waals surface area contributed by atoms with E-state index in [4.69, 9.17) is 10.4 Å². The van der Waals surface area contributed by atoms with Crippen LogP contribution in [0.1, 0.15) is 17.5 Å². The molecule has 0 aromatic heterocycles. The van der Waals surface area contributed by atoms with Gasteiger partial charge in [0, 0.05) is 6.42 Å². The zero-order valence-electron chi connectivity index (χ0n) is 8.60. The van der Waals surface area contributed by atoms with Gasteiger partial charge >= 0.3 is 5.97 Å². The Morgan fingerprint density at radius 1 is 1.47 bits per heavy atom. The molecule has 3 nitrogen and oxygen atoms in total. The van der Waals surface area contributed by atoms with Crippen molar-refractivity contribution in [2.45, 2.75) is 19.8 Å². The molecule has 0 heterocycles. The fraction of sp³-hybridized carbons (Fsp3) is 0.333. The Bertz CT molecular complexity index is 376. The first kappa shape index (κ1) is 11.3. The first-order valence-electron chi connectivity index (χ1n) is 4.78. The molecule has 0 fully saturated rings. The molecule has 1 atom stereocenters. The second kappa shape index (κ2) is 5.16. The van der Waals surface area contributed by atoms with Crippen LogP contribution in [-0.4, -0.2) is 11.1 Å². The van der Waals surface area contributed by atoms with Crippen LogP contribution in [0.15, 0.2) is 24.3 Å². The lowest BCUT2D eigenvalue weighted by molar-refractivity contribution is -0.141. The van der Waals surface area contributed by atoms with Crippen molar-refractivity contribution >= 4 is 5.97 Å². The topological polar surface area (TPSA) is 61.1 Å². The van der Waals surface area contributed by atoms with Crippen molar-refractivity contribution < 1.29 is 9.90 Å². The molecule has 0 saturated carbocycles. The fourth-order valence-electron chi connectivity index (χ4n) is 1.37. The van der Waals surface area contributed by atoms with E-state index < -0.39 is 11.9 Å². The summed E-state index contributed by atoms with van der Waals surface area (Å²) in [6.45, 7) is 1.98. The number of nitrogens with zero attached hydrogens (tertiary/aromatic N) is 1. The Hall–Kier alpha value is -1.82. The minimum absolute atomic E-state index is 0.0587. The number of rotatable bonds is 4. The lowest BCUT2D eigenvalue weighted by Crippen LogP contribution is -2.15. The third kappa shape index (κ3) is 3.43. The summed E-state index contributed by atoms with van der Waals surface area (Å²) in [5.74, 6) is -1.50. The van der Waals surface area contributed by atoms with Crippen molar-refractivity contribution in [1.29, 1.82) is 5.26 Å². The van der Waals surface area contributed by atoms with Gasteiger partial charge in [0.15, 0.2) is 0 Å². The van der Waals surface area contributed by atoms with Gasteiger partial charge in [-0.1, -0.05) is 29.8 Å². The van der Waals surface area contributed by atoms with E-state index in [9.17, 15) is 4.79 Å². The number of carboxylic acid groups (broad SMARTS) is 1. The molecule has 1 N–H and O–H groups in total. The van der Waals surface area contributed by atoms with Gasteiger partial charge in [0.1, 0.15) is 0 Å². The molecule has 15 heavy (non-hydrogen) atoms. The number of nitriles is 1. The Morgan fingerprint density at radius 3 is 2.53 bits per heavy atom. The van der Waals surface area contributed by atoms with Gasteiger partial charge in [0.2, 0.25) is 0 Å². The highest BCUT2D eigenvalue weighted by Crippen LogP contribution is 2.13. The molecule has 1 rings (SSSR count). The predicted octanol–water partition coefficient (Wildman–Crippen LogP) is 2.15. The molecule has 0 amide bonds. The quantitative estimate of drug-likeness (QED) is 0.815. The van der Waals surface area contributed by atoms with Crippen LogP contribution in [0.5, 0.6) is 0 Å². The van der Waals surface area contributed by atoms with Crippen molar-refractivity contribution in [3.63, 3.8) is 0 Å². The number of hydrogen-bond acceptors (Lipinski definition) is 2. The lowest BCUT2D eigenvalue weighted by atomic mass is 9.96. The highest BCUT2D eigenvalue weighted by Gasteiger charge is 2.17. The monoisotopic (exact) mass is 203 g/mol. The number of aliphatic carboxylic acids is 1. The van der Waals surface area contributed by atoms with Gasteiger partial charge in [-0.15, -0.1) is 0 Å². The second-order valence-electron chi connectivity index (χ2n) is 3.59. The lowest BCUT2D eigenvalue weighted by Gasteiger charge is -2.08. The summed E-state index contributed by atoms with van der Waals surface area (Å²) in [4.78, 5) is 10.8. The van der Waals surface area contributed by atoms with Gasteiger partial charge in [-0.3, -0.25) is 4.79 Å². The van der Waals surface area contributed by atoms with E-state index in [1.165, 1.54) is 0 Å². The normalized spacial score (nSPS) is 11.7. The molecule has 1 unspecified atom stereocenters. The van der Waals surface area contributed by atoms with Gasteiger partial charge in [0.05, 0.1) is 12.0 Å². The third-order valence-electron chi connectivity index (χ3n) is 2.29. The molecule has 0 aliphatic carbocycles. The smallest absolute Gasteiger partial charge is 0.307 e. The van der Waals surface area contributed by atoms with Gasteiger partial charge in [0.25, 0.3) is 0 Å². The standard InChI is InChI=1S/C12H13NO2/c1-9-2-4-10(5-3-9)8-11(6-7-13)12(14)15/h2-5,11H,6,8H2,1H3,(H,14,15). The summed E-state index contributed by atoms with van der Waals surface area (Å²) in [6, 6.07) is 9.60. The zero-order valence-corrected chi connectivity index (χ0v) is 8.60. The predicted molar refractivity (Wildman–Crippen MR) is 56.2 cm³/mol. The van der Waals surface area contributed by atoms with E-state index in [0.29, 0.717) is 6.42 Å². The molecule has 0 saturated heterocycles. The van der Waals surface area contributed by atoms with Crippen LogP contribution in [0.2, 0.25) is 0 Å². The summed E-state index contributed by atoms with van der Waals surface area (Å²) >= 11 is 0. The largest absolute Gasteiger partial charge is 0.481 e. The Balaban J connectivity index is 2.70. The first-order valence-corrected chi connectivity index (χ1v) is 4.78. The van der Waals surface area contributed by atoms with E-state index in [2.05, 4.69) is 0 Å². The van der Waals surface area contributed by atoms with Crippen molar-refractivity contribution in [3.05, 3.63) is 35.4 Å². The Morgan fingerprint density at radius 2 is 2.07 bits per heavy atom. The van der Waals surface area contributed by atoms with Crippen LogP contribution in [-0.2, 0) is 11.2 Å². The minimum Gasteiger partial charge on any atom is -0.481 e. The van der Waals surface area contributed by atoms with Crippen molar-refractivity contribution in [1.82, 2.24) is 0 Å². The Kier molecular flexibility index (Phi) is 3.87. The zero-order chi connectivity index (χ0) is 11.3. The molecule has 0 radical (unpaired) electrons.